The molecule has 0 unspecified atom stereocenters. The van der Waals surface area contributed by atoms with Gasteiger partial charge in [-0.15, -0.1) is 0 Å². The number of aliphatic hydroxyl groups excluding tert-OH is 1. The molecule has 2 rings (SSSR count). The summed E-state index contributed by atoms with van der Waals surface area (Å²) in [7, 11) is 0. The van der Waals surface area contributed by atoms with Crippen molar-refractivity contribution in [3.63, 3.8) is 0 Å². The van der Waals surface area contributed by atoms with Crippen LogP contribution in [0.2, 0.25) is 10.0 Å². The van der Waals surface area contributed by atoms with Crippen molar-refractivity contribution in [1.29, 1.82) is 0 Å². The lowest BCUT2D eigenvalue weighted by atomic mass is 9.67. The minimum Gasteiger partial charge on any atom is -0.396 e. The molecule has 21 heavy (non-hydrogen) atoms. The summed E-state index contributed by atoms with van der Waals surface area (Å²) in [5, 5.41) is 11.4. The van der Waals surface area contributed by atoms with Crippen molar-refractivity contribution in [2.24, 2.45) is 11.3 Å². The maximum Gasteiger partial charge on any atom is 0.0490 e. The quantitative estimate of drug-likeness (QED) is 0.689. The Balaban J connectivity index is 2.03. The molecule has 0 aliphatic heterocycles. The number of halogens is 2. The molecule has 1 aromatic rings. The molecule has 0 atom stereocenters. The molecule has 0 spiro atoms. The third-order valence-electron chi connectivity index (χ3n) is 5.08. The molecule has 0 saturated heterocycles. The first-order valence-corrected chi connectivity index (χ1v) is 8.89. The Morgan fingerprint density at radius 2 is 1.81 bits per heavy atom. The van der Waals surface area contributed by atoms with E-state index in [0.717, 1.165) is 40.8 Å². The monoisotopic (exact) mass is 328 g/mol. The van der Waals surface area contributed by atoms with Gasteiger partial charge in [-0.3, -0.25) is 0 Å². The zero-order chi connectivity index (χ0) is 15.3. The SMILES string of the molecule is CCCCC1CCC(CO)(Cc2c(Cl)cccc2Cl)CC1. The summed E-state index contributed by atoms with van der Waals surface area (Å²) >= 11 is 12.6. The Hall–Kier alpha value is -0.240. The molecule has 1 aliphatic rings. The van der Waals surface area contributed by atoms with E-state index in [9.17, 15) is 5.11 Å². The molecular formula is C18H26Cl2O. The van der Waals surface area contributed by atoms with Gasteiger partial charge in [0.05, 0.1) is 0 Å². The molecule has 3 heteroatoms. The number of aliphatic hydroxyl groups is 1. The topological polar surface area (TPSA) is 20.2 Å². The van der Waals surface area contributed by atoms with Gasteiger partial charge in [0, 0.05) is 16.7 Å². The zero-order valence-electron chi connectivity index (χ0n) is 12.9. The van der Waals surface area contributed by atoms with Crippen LogP contribution in [0.1, 0.15) is 57.4 Å². The molecule has 1 aliphatic carbocycles. The van der Waals surface area contributed by atoms with E-state index in [1.54, 1.807) is 0 Å². The lowest BCUT2D eigenvalue weighted by Crippen LogP contribution is -2.33. The minimum atomic E-state index is -0.0304. The van der Waals surface area contributed by atoms with Crippen molar-refractivity contribution < 1.29 is 5.11 Å². The fourth-order valence-corrected chi connectivity index (χ4v) is 4.07. The Morgan fingerprint density at radius 1 is 1.19 bits per heavy atom. The first-order chi connectivity index (χ1) is 10.1. The molecule has 0 aromatic heterocycles. The van der Waals surface area contributed by atoms with E-state index in [4.69, 9.17) is 23.2 Å². The predicted octanol–water partition coefficient (Wildman–Crippen LogP) is 5.90. The van der Waals surface area contributed by atoms with E-state index >= 15 is 0 Å². The lowest BCUT2D eigenvalue weighted by Gasteiger charge is -2.39. The maximum absolute atomic E-state index is 9.96. The van der Waals surface area contributed by atoms with E-state index in [1.807, 2.05) is 18.2 Å². The van der Waals surface area contributed by atoms with Crippen LogP contribution in [0.4, 0.5) is 0 Å². The van der Waals surface area contributed by atoms with Gasteiger partial charge in [0.2, 0.25) is 0 Å². The Morgan fingerprint density at radius 3 is 2.33 bits per heavy atom. The summed E-state index contributed by atoms with van der Waals surface area (Å²) < 4.78 is 0. The first-order valence-electron chi connectivity index (χ1n) is 8.14. The molecule has 1 saturated carbocycles. The van der Waals surface area contributed by atoms with Crippen LogP contribution >= 0.6 is 23.2 Å². The number of hydrogen-bond acceptors (Lipinski definition) is 1. The Labute approximate surface area is 138 Å². The predicted molar refractivity (Wildman–Crippen MR) is 91.2 cm³/mol. The second-order valence-corrected chi connectivity index (χ2v) is 7.44. The van der Waals surface area contributed by atoms with Crippen LogP contribution in [0.3, 0.4) is 0 Å². The Kier molecular flexibility index (Phi) is 6.40. The highest BCUT2D eigenvalue weighted by atomic mass is 35.5. The summed E-state index contributed by atoms with van der Waals surface area (Å²) in [5.74, 6) is 0.839. The summed E-state index contributed by atoms with van der Waals surface area (Å²) in [6.07, 6.45) is 9.35. The van der Waals surface area contributed by atoms with Gasteiger partial charge in [-0.25, -0.2) is 0 Å². The van der Waals surface area contributed by atoms with Gasteiger partial charge in [0.15, 0.2) is 0 Å². The maximum atomic E-state index is 9.96. The minimum absolute atomic E-state index is 0.0304. The summed E-state index contributed by atoms with van der Waals surface area (Å²) in [6, 6.07) is 5.66. The highest BCUT2D eigenvalue weighted by molar-refractivity contribution is 6.36. The van der Waals surface area contributed by atoms with Crippen molar-refractivity contribution in [1.82, 2.24) is 0 Å². The van der Waals surface area contributed by atoms with Gasteiger partial charge in [0.25, 0.3) is 0 Å². The van der Waals surface area contributed by atoms with Gasteiger partial charge in [-0.2, -0.15) is 0 Å². The van der Waals surface area contributed by atoms with Crippen molar-refractivity contribution in [3.05, 3.63) is 33.8 Å². The fourth-order valence-electron chi connectivity index (χ4n) is 3.54. The highest BCUT2D eigenvalue weighted by Gasteiger charge is 2.35. The lowest BCUT2D eigenvalue weighted by molar-refractivity contribution is 0.0621. The zero-order valence-corrected chi connectivity index (χ0v) is 14.4. The van der Waals surface area contributed by atoms with E-state index in [2.05, 4.69) is 6.92 Å². The third kappa shape index (κ3) is 4.37. The molecular weight excluding hydrogens is 303 g/mol. The molecule has 118 valence electrons. The molecule has 0 amide bonds. The van der Waals surface area contributed by atoms with Crippen molar-refractivity contribution in [3.8, 4) is 0 Å². The van der Waals surface area contributed by atoms with E-state index in [1.165, 1.54) is 32.1 Å². The average molecular weight is 329 g/mol. The van der Waals surface area contributed by atoms with E-state index in [-0.39, 0.29) is 12.0 Å². The molecule has 1 N–H and O–H groups in total. The fraction of sp³-hybridized carbons (Fsp3) is 0.667. The summed E-state index contributed by atoms with van der Waals surface area (Å²) in [5.41, 5.74) is 0.971. The van der Waals surface area contributed by atoms with Gasteiger partial charge in [-0.05, 0) is 61.1 Å². The second kappa shape index (κ2) is 7.85. The van der Waals surface area contributed by atoms with E-state index in [0.29, 0.717) is 0 Å². The van der Waals surface area contributed by atoms with Crippen LogP contribution in [0.25, 0.3) is 0 Å². The standard InChI is InChI=1S/C18H26Cl2O/c1-2-3-5-14-8-10-18(13-21,11-9-14)12-15-16(19)6-4-7-17(15)20/h4,6-7,14,21H,2-3,5,8-13H2,1H3. The molecule has 0 bridgehead atoms. The summed E-state index contributed by atoms with van der Waals surface area (Å²) in [4.78, 5) is 0. The molecule has 1 nitrogen and oxygen atoms in total. The average Bonchev–Trinajstić information content (AvgIpc) is 2.50. The van der Waals surface area contributed by atoms with Gasteiger partial charge in [-0.1, -0.05) is 55.5 Å². The number of hydrogen-bond donors (Lipinski definition) is 1. The van der Waals surface area contributed by atoms with Gasteiger partial charge >= 0.3 is 0 Å². The second-order valence-electron chi connectivity index (χ2n) is 6.62. The first kappa shape index (κ1) is 17.1. The third-order valence-corrected chi connectivity index (χ3v) is 5.79. The molecule has 0 heterocycles. The van der Waals surface area contributed by atoms with E-state index < -0.39 is 0 Å². The number of unbranched alkanes of at least 4 members (excludes halogenated alkanes) is 1. The number of rotatable bonds is 6. The normalized spacial score (nSPS) is 26.0. The van der Waals surface area contributed by atoms with Crippen LogP contribution in [0, 0.1) is 11.3 Å². The molecule has 0 radical (unpaired) electrons. The van der Waals surface area contributed by atoms with Gasteiger partial charge in [0.1, 0.15) is 0 Å². The van der Waals surface area contributed by atoms with Crippen LogP contribution in [-0.2, 0) is 6.42 Å². The van der Waals surface area contributed by atoms with Crippen LogP contribution in [0.15, 0.2) is 18.2 Å². The van der Waals surface area contributed by atoms with Crippen molar-refractivity contribution in [2.75, 3.05) is 6.61 Å². The summed E-state index contributed by atoms with van der Waals surface area (Å²) in [6.45, 7) is 2.48. The van der Waals surface area contributed by atoms with Crippen LogP contribution in [0.5, 0.6) is 0 Å². The van der Waals surface area contributed by atoms with Gasteiger partial charge < -0.3 is 5.11 Å². The Bertz CT molecular complexity index is 430. The van der Waals surface area contributed by atoms with Crippen LogP contribution in [-0.4, -0.2) is 11.7 Å². The molecule has 1 aromatic carbocycles. The molecule has 1 fully saturated rings. The highest BCUT2D eigenvalue weighted by Crippen LogP contribution is 2.44. The number of benzene rings is 1. The van der Waals surface area contributed by atoms with Crippen LogP contribution < -0.4 is 0 Å². The largest absolute Gasteiger partial charge is 0.396 e. The van der Waals surface area contributed by atoms with Crippen molar-refractivity contribution >= 4 is 23.2 Å². The smallest absolute Gasteiger partial charge is 0.0490 e. The van der Waals surface area contributed by atoms with Crippen molar-refractivity contribution in [2.45, 2.75) is 58.3 Å².